The van der Waals surface area contributed by atoms with Crippen LogP contribution in [0.25, 0.3) is 0 Å². The molecular weight excluding hydrogens is 509 g/mol. The Morgan fingerprint density at radius 3 is 2.21 bits per heavy atom. The minimum Gasteiger partial charge on any atom is -0.493 e. The van der Waals surface area contributed by atoms with E-state index in [4.69, 9.17) is 9.84 Å². The summed E-state index contributed by atoms with van der Waals surface area (Å²) < 4.78 is 74.2. The summed E-state index contributed by atoms with van der Waals surface area (Å²) in [6.07, 6.45) is -4.45. The highest BCUT2D eigenvalue weighted by Crippen LogP contribution is 2.49. The second kappa shape index (κ2) is 10.4. The standard InChI is InChI=1S/C28H24F5NO4/c1-14-10-17(38-9-8-18-22(29)4-3-5-23(18)30)11-15(2)25(14)26(35)34-24-12-16(19-13-20(19)27(36)37)6-7-21(24)28(31,32)33/h3-7,10-12,19-20H,8-9,13H2,1-2H3,(H,34,35)(H,36,37)/t19-,20-/m1/s1. The third-order valence-electron chi connectivity index (χ3n) is 6.55. The van der Waals surface area contributed by atoms with Gasteiger partial charge in [0.25, 0.3) is 5.91 Å². The summed E-state index contributed by atoms with van der Waals surface area (Å²) >= 11 is 0. The molecule has 1 aliphatic rings. The third-order valence-corrected chi connectivity index (χ3v) is 6.55. The van der Waals surface area contributed by atoms with E-state index in [1.54, 1.807) is 13.8 Å². The summed E-state index contributed by atoms with van der Waals surface area (Å²) in [7, 11) is 0. The Morgan fingerprint density at radius 2 is 1.66 bits per heavy atom. The van der Waals surface area contributed by atoms with E-state index < -0.39 is 52.8 Å². The molecule has 3 aromatic rings. The molecule has 0 aromatic heterocycles. The molecule has 0 bridgehead atoms. The van der Waals surface area contributed by atoms with E-state index in [0.717, 1.165) is 18.2 Å². The molecule has 4 rings (SSSR count). The summed E-state index contributed by atoms with van der Waals surface area (Å²) in [6.45, 7) is 3.14. The number of aliphatic carboxylic acids is 1. The lowest BCUT2D eigenvalue weighted by Gasteiger charge is -2.17. The normalized spacial score (nSPS) is 16.7. The van der Waals surface area contributed by atoms with Crippen molar-refractivity contribution in [2.24, 2.45) is 5.92 Å². The van der Waals surface area contributed by atoms with Crippen molar-refractivity contribution in [1.29, 1.82) is 0 Å². The van der Waals surface area contributed by atoms with Crippen molar-refractivity contribution in [1.82, 2.24) is 0 Å². The van der Waals surface area contributed by atoms with Crippen LogP contribution in [-0.2, 0) is 17.4 Å². The molecule has 0 unspecified atom stereocenters. The highest BCUT2D eigenvalue weighted by molar-refractivity contribution is 6.07. The van der Waals surface area contributed by atoms with Gasteiger partial charge in [-0.1, -0.05) is 12.1 Å². The van der Waals surface area contributed by atoms with Crippen LogP contribution in [0.5, 0.6) is 5.75 Å². The van der Waals surface area contributed by atoms with Gasteiger partial charge in [0.15, 0.2) is 0 Å². The van der Waals surface area contributed by atoms with Gasteiger partial charge in [0, 0.05) is 17.5 Å². The molecule has 38 heavy (non-hydrogen) atoms. The van der Waals surface area contributed by atoms with Crippen molar-refractivity contribution in [3.05, 3.63) is 93.5 Å². The molecular formula is C28H24F5NO4. The summed E-state index contributed by atoms with van der Waals surface area (Å²) in [5.74, 6) is -3.91. The van der Waals surface area contributed by atoms with Gasteiger partial charge in [-0.25, -0.2) is 8.78 Å². The monoisotopic (exact) mass is 533 g/mol. The molecule has 10 heteroatoms. The fraction of sp³-hybridized carbons (Fsp3) is 0.286. The fourth-order valence-electron chi connectivity index (χ4n) is 4.57. The van der Waals surface area contributed by atoms with Crippen molar-refractivity contribution in [3.63, 3.8) is 0 Å². The number of amides is 1. The topological polar surface area (TPSA) is 75.6 Å². The molecule has 0 saturated heterocycles. The molecule has 3 aromatic carbocycles. The Morgan fingerprint density at radius 1 is 1.03 bits per heavy atom. The first kappa shape index (κ1) is 27.1. The zero-order valence-electron chi connectivity index (χ0n) is 20.5. The van der Waals surface area contributed by atoms with Crippen LogP contribution < -0.4 is 10.1 Å². The van der Waals surface area contributed by atoms with Crippen molar-refractivity contribution >= 4 is 17.6 Å². The lowest BCUT2D eigenvalue weighted by Crippen LogP contribution is -2.19. The maximum Gasteiger partial charge on any atom is 0.418 e. The Labute approximate surface area is 215 Å². The second-order valence-electron chi connectivity index (χ2n) is 9.27. The number of alkyl halides is 3. The number of hydrogen-bond donors (Lipinski definition) is 2. The number of ether oxygens (including phenoxy) is 1. The Bertz CT molecular complexity index is 1360. The van der Waals surface area contributed by atoms with Crippen LogP contribution in [0.3, 0.4) is 0 Å². The molecule has 1 aliphatic carbocycles. The van der Waals surface area contributed by atoms with Crippen molar-refractivity contribution < 1.29 is 41.4 Å². The van der Waals surface area contributed by atoms with Crippen molar-refractivity contribution in [2.75, 3.05) is 11.9 Å². The molecule has 2 atom stereocenters. The molecule has 1 amide bonds. The van der Waals surface area contributed by atoms with Gasteiger partial charge in [-0.2, -0.15) is 13.2 Å². The van der Waals surface area contributed by atoms with Gasteiger partial charge in [-0.3, -0.25) is 9.59 Å². The third kappa shape index (κ3) is 5.79. The predicted octanol–water partition coefficient (Wildman–Crippen LogP) is 6.66. The summed E-state index contributed by atoms with van der Waals surface area (Å²) in [6, 6.07) is 9.85. The highest BCUT2D eigenvalue weighted by atomic mass is 19.4. The number of carboxylic acid groups (broad SMARTS) is 1. The van der Waals surface area contributed by atoms with Crippen LogP contribution in [-0.4, -0.2) is 23.6 Å². The van der Waals surface area contributed by atoms with E-state index in [2.05, 4.69) is 5.32 Å². The number of hydrogen-bond acceptors (Lipinski definition) is 3. The zero-order valence-corrected chi connectivity index (χ0v) is 20.5. The smallest absolute Gasteiger partial charge is 0.418 e. The zero-order chi connectivity index (χ0) is 27.8. The second-order valence-corrected chi connectivity index (χ2v) is 9.27. The van der Waals surface area contributed by atoms with Gasteiger partial charge >= 0.3 is 12.1 Å². The van der Waals surface area contributed by atoms with Gasteiger partial charge < -0.3 is 15.2 Å². The van der Waals surface area contributed by atoms with E-state index in [1.807, 2.05) is 0 Å². The number of carboxylic acids is 1. The van der Waals surface area contributed by atoms with Crippen LogP contribution >= 0.6 is 0 Å². The predicted molar refractivity (Wildman–Crippen MR) is 129 cm³/mol. The summed E-state index contributed by atoms with van der Waals surface area (Å²) in [5.41, 5.74) is -0.213. The molecule has 0 aliphatic heterocycles. The summed E-state index contributed by atoms with van der Waals surface area (Å²) in [4.78, 5) is 24.3. The van der Waals surface area contributed by atoms with E-state index in [9.17, 15) is 31.5 Å². The first-order valence-corrected chi connectivity index (χ1v) is 11.8. The molecule has 0 spiro atoms. The SMILES string of the molecule is Cc1cc(OCCc2c(F)cccc2F)cc(C)c1C(=O)Nc1cc([C@H]2C[C@H]2C(=O)O)ccc1C(F)(F)F. The quantitative estimate of drug-likeness (QED) is 0.318. The molecule has 1 fully saturated rings. The van der Waals surface area contributed by atoms with Crippen LogP contribution in [0.1, 0.15) is 50.5 Å². The number of rotatable bonds is 8. The average Bonchev–Trinajstić information content (AvgIpc) is 3.61. The first-order chi connectivity index (χ1) is 17.9. The lowest BCUT2D eigenvalue weighted by atomic mass is 10.00. The molecule has 2 N–H and O–H groups in total. The number of carbonyl (C=O) groups excluding carboxylic acids is 1. The molecule has 0 radical (unpaired) electrons. The van der Waals surface area contributed by atoms with Crippen LogP contribution in [0.2, 0.25) is 0 Å². The van der Waals surface area contributed by atoms with E-state index in [1.165, 1.54) is 30.3 Å². The molecule has 200 valence electrons. The Hall–Kier alpha value is -3.95. The maximum absolute atomic E-state index is 13.8. The van der Waals surface area contributed by atoms with Crippen molar-refractivity contribution in [3.8, 4) is 5.75 Å². The van der Waals surface area contributed by atoms with Gasteiger partial charge in [0.1, 0.15) is 17.4 Å². The molecule has 5 nitrogen and oxygen atoms in total. The van der Waals surface area contributed by atoms with E-state index in [-0.39, 0.29) is 24.2 Å². The number of carbonyl (C=O) groups is 2. The highest BCUT2D eigenvalue weighted by Gasteiger charge is 2.45. The first-order valence-electron chi connectivity index (χ1n) is 11.8. The number of aryl methyl sites for hydroxylation is 2. The molecule has 0 heterocycles. The maximum atomic E-state index is 13.8. The minimum atomic E-state index is -4.74. The van der Waals surface area contributed by atoms with E-state index >= 15 is 0 Å². The average molecular weight is 533 g/mol. The van der Waals surface area contributed by atoms with Crippen molar-refractivity contribution in [2.45, 2.75) is 38.8 Å². The van der Waals surface area contributed by atoms with Crippen LogP contribution in [0, 0.1) is 31.4 Å². The van der Waals surface area contributed by atoms with Crippen LogP contribution in [0.4, 0.5) is 27.6 Å². The summed E-state index contributed by atoms with van der Waals surface area (Å²) in [5, 5.41) is 11.5. The van der Waals surface area contributed by atoms with Gasteiger partial charge in [0.05, 0.1) is 23.8 Å². The Balaban J connectivity index is 1.52. The van der Waals surface area contributed by atoms with Gasteiger partial charge in [-0.15, -0.1) is 0 Å². The van der Waals surface area contributed by atoms with Gasteiger partial charge in [-0.05, 0) is 79.3 Å². The van der Waals surface area contributed by atoms with E-state index in [0.29, 0.717) is 28.9 Å². The Kier molecular flexibility index (Phi) is 7.44. The molecule has 1 saturated carbocycles. The number of benzene rings is 3. The largest absolute Gasteiger partial charge is 0.493 e. The number of nitrogens with one attached hydrogen (secondary N) is 1. The van der Waals surface area contributed by atoms with Gasteiger partial charge in [0.2, 0.25) is 0 Å². The number of anilines is 1. The fourth-order valence-corrected chi connectivity index (χ4v) is 4.57. The number of halogens is 5. The minimum absolute atomic E-state index is 0.0286. The van der Waals surface area contributed by atoms with Crippen LogP contribution in [0.15, 0.2) is 48.5 Å². The lowest BCUT2D eigenvalue weighted by molar-refractivity contribution is -0.139.